The Morgan fingerprint density at radius 3 is 2.64 bits per heavy atom. The van der Waals surface area contributed by atoms with Crippen LogP contribution in [-0.4, -0.2) is 0 Å². The minimum Gasteiger partial charge on any atom is -0.0807 e. The zero-order valence-electron chi connectivity index (χ0n) is 6.40. The fourth-order valence-electron chi connectivity index (χ4n) is 0.731. The summed E-state index contributed by atoms with van der Waals surface area (Å²) >= 11 is 0. The molecular weight excluding hydrogens is 132 g/mol. The van der Waals surface area contributed by atoms with Crippen molar-refractivity contribution in [2.45, 2.75) is 6.42 Å². The molecule has 0 fully saturated rings. The van der Waals surface area contributed by atoms with E-state index >= 15 is 0 Å². The molecule has 0 aliphatic heterocycles. The zero-order valence-corrected chi connectivity index (χ0v) is 6.40. The molecule has 0 aromatic carbocycles. The molecule has 1 aliphatic rings. The maximum Gasteiger partial charge on any atom is -0.0163 e. The van der Waals surface area contributed by atoms with E-state index in [4.69, 9.17) is 0 Å². The second-order valence-electron chi connectivity index (χ2n) is 2.17. The van der Waals surface area contributed by atoms with Gasteiger partial charge in [0.1, 0.15) is 0 Å². The molecule has 0 nitrogen and oxygen atoms in total. The predicted molar refractivity (Wildman–Crippen MR) is 49.0 cm³/mol. The van der Waals surface area contributed by atoms with Gasteiger partial charge in [-0.2, -0.15) is 0 Å². The molecule has 1 aliphatic carbocycles. The fourth-order valence-corrected chi connectivity index (χ4v) is 0.731. The van der Waals surface area contributed by atoms with Crippen LogP contribution in [0.3, 0.4) is 0 Å². The predicted octanol–water partition coefficient (Wildman–Crippen LogP) is 2.97. The monoisotopic (exact) mass is 143 g/mol. The average Bonchev–Trinajstić information content (AvgIpc) is 2.08. The summed E-state index contributed by atoms with van der Waals surface area (Å²) in [5.74, 6) is 0. The summed E-state index contributed by atoms with van der Waals surface area (Å²) in [4.78, 5) is 0. The van der Waals surface area contributed by atoms with Crippen molar-refractivity contribution in [2.24, 2.45) is 0 Å². The van der Waals surface area contributed by atoms with Crippen LogP contribution in [0.1, 0.15) is 6.42 Å². The van der Waals surface area contributed by atoms with E-state index in [0.29, 0.717) is 0 Å². The van der Waals surface area contributed by atoms with Crippen molar-refractivity contribution in [3.63, 3.8) is 0 Å². The van der Waals surface area contributed by atoms with Crippen LogP contribution >= 0.6 is 0 Å². The fraction of sp³-hybridized carbons (Fsp3) is 0.0909. The maximum absolute atomic E-state index is 3.02. The molecule has 11 heavy (non-hydrogen) atoms. The summed E-state index contributed by atoms with van der Waals surface area (Å²) in [6.07, 6.45) is 22.0. The lowest BCUT2D eigenvalue weighted by atomic mass is 10.3. The van der Waals surface area contributed by atoms with E-state index in [0.717, 1.165) is 6.42 Å². The van der Waals surface area contributed by atoms with Crippen LogP contribution in [0.15, 0.2) is 54.7 Å². The third-order valence-corrected chi connectivity index (χ3v) is 1.26. The molecule has 0 N–H and O–H groups in total. The van der Waals surface area contributed by atoms with E-state index in [9.17, 15) is 0 Å². The minimum absolute atomic E-state index is 0.977. The Bertz CT molecular complexity index is 200. The Balaban J connectivity index is 2.61. The van der Waals surface area contributed by atoms with Crippen molar-refractivity contribution in [1.29, 1.82) is 0 Å². The van der Waals surface area contributed by atoms with E-state index in [1.165, 1.54) is 0 Å². The van der Waals surface area contributed by atoms with Crippen molar-refractivity contribution in [3.8, 4) is 0 Å². The van der Waals surface area contributed by atoms with Gasteiger partial charge in [-0.15, -0.1) is 0 Å². The van der Waals surface area contributed by atoms with Gasteiger partial charge < -0.3 is 0 Å². The first-order valence-electron chi connectivity index (χ1n) is 3.73. The van der Waals surface area contributed by atoms with Crippen LogP contribution < -0.4 is 0 Å². The number of rotatable bonds is 0. The van der Waals surface area contributed by atoms with Crippen molar-refractivity contribution in [1.82, 2.24) is 0 Å². The van der Waals surface area contributed by atoms with Crippen LogP contribution in [0.25, 0.3) is 0 Å². The molecule has 0 saturated carbocycles. The summed E-state index contributed by atoms with van der Waals surface area (Å²) in [6.45, 7) is 0. The molecule has 0 aromatic rings. The van der Waals surface area contributed by atoms with Crippen LogP contribution in [0.2, 0.25) is 0 Å². The summed E-state index contributed by atoms with van der Waals surface area (Å²) < 4.78 is 0. The Labute approximate surface area is 67.9 Å². The Hall–Kier alpha value is -1.30. The van der Waals surface area contributed by atoms with E-state index in [1.54, 1.807) is 0 Å². The molecule has 0 amide bonds. The minimum atomic E-state index is 0.977. The van der Waals surface area contributed by atoms with E-state index in [1.807, 2.05) is 42.5 Å². The highest BCUT2D eigenvalue weighted by Gasteiger charge is 1.70. The molecule has 0 spiro atoms. The normalized spacial score (nSPS) is 16.7. The molecule has 0 unspecified atom stereocenters. The first-order chi connectivity index (χ1) is 5.50. The van der Waals surface area contributed by atoms with Crippen LogP contribution in [0, 0.1) is 6.08 Å². The Kier molecular flexibility index (Phi) is 3.89. The molecule has 1 rings (SSSR count). The average molecular weight is 143 g/mol. The lowest BCUT2D eigenvalue weighted by Crippen LogP contribution is -1.56. The zero-order chi connectivity index (χ0) is 7.78. The topological polar surface area (TPSA) is 0 Å². The molecule has 0 atom stereocenters. The van der Waals surface area contributed by atoms with Crippen molar-refractivity contribution in [3.05, 3.63) is 60.8 Å². The molecular formula is C11H11. The molecule has 0 bridgehead atoms. The van der Waals surface area contributed by atoms with E-state index < -0.39 is 0 Å². The summed E-state index contributed by atoms with van der Waals surface area (Å²) in [7, 11) is 0. The largest absolute Gasteiger partial charge is 0.0807 e. The van der Waals surface area contributed by atoms with Gasteiger partial charge in [0.05, 0.1) is 0 Å². The third kappa shape index (κ3) is 4.15. The van der Waals surface area contributed by atoms with Crippen molar-refractivity contribution >= 4 is 0 Å². The van der Waals surface area contributed by atoms with Gasteiger partial charge >= 0.3 is 0 Å². The van der Waals surface area contributed by atoms with Crippen molar-refractivity contribution in [2.75, 3.05) is 0 Å². The quantitative estimate of drug-likeness (QED) is 0.489. The van der Waals surface area contributed by atoms with Crippen LogP contribution in [-0.2, 0) is 0 Å². The van der Waals surface area contributed by atoms with E-state index in [-0.39, 0.29) is 0 Å². The Morgan fingerprint density at radius 2 is 1.64 bits per heavy atom. The van der Waals surface area contributed by atoms with Crippen LogP contribution in [0.5, 0.6) is 0 Å². The van der Waals surface area contributed by atoms with Gasteiger partial charge in [0, 0.05) is 0 Å². The van der Waals surface area contributed by atoms with Gasteiger partial charge in [0.15, 0.2) is 0 Å². The first-order valence-corrected chi connectivity index (χ1v) is 3.73. The second kappa shape index (κ2) is 5.48. The van der Waals surface area contributed by atoms with Gasteiger partial charge in [-0.3, -0.25) is 0 Å². The third-order valence-electron chi connectivity index (χ3n) is 1.26. The second-order valence-corrected chi connectivity index (χ2v) is 2.17. The van der Waals surface area contributed by atoms with Gasteiger partial charge in [0.2, 0.25) is 0 Å². The molecule has 1 radical (unpaired) electrons. The highest BCUT2D eigenvalue weighted by molar-refractivity contribution is 5.17. The highest BCUT2D eigenvalue weighted by atomic mass is 13.8. The lowest BCUT2D eigenvalue weighted by molar-refractivity contribution is 1.39. The summed E-state index contributed by atoms with van der Waals surface area (Å²) in [5.41, 5.74) is 0. The van der Waals surface area contributed by atoms with Crippen LogP contribution in [0.4, 0.5) is 0 Å². The molecule has 0 aromatic heterocycles. The SMILES string of the molecule is [C]1=CC=CC=CC=CCC=C1. The maximum atomic E-state index is 3.02. The number of hydrogen-bond donors (Lipinski definition) is 0. The molecule has 0 saturated heterocycles. The van der Waals surface area contributed by atoms with Crippen molar-refractivity contribution < 1.29 is 0 Å². The van der Waals surface area contributed by atoms with Gasteiger partial charge in [-0.1, -0.05) is 54.7 Å². The number of allylic oxidation sites excluding steroid dienone is 10. The number of hydrogen-bond acceptors (Lipinski definition) is 0. The molecule has 0 heterocycles. The smallest absolute Gasteiger partial charge is 0.0163 e. The Morgan fingerprint density at radius 1 is 0.818 bits per heavy atom. The summed E-state index contributed by atoms with van der Waals surface area (Å²) in [6, 6.07) is 0. The van der Waals surface area contributed by atoms with Gasteiger partial charge in [-0.05, 0) is 12.5 Å². The first kappa shape index (κ1) is 7.80. The molecule has 55 valence electrons. The van der Waals surface area contributed by atoms with E-state index in [2.05, 4.69) is 18.2 Å². The van der Waals surface area contributed by atoms with Gasteiger partial charge in [0.25, 0.3) is 0 Å². The summed E-state index contributed by atoms with van der Waals surface area (Å²) in [5, 5.41) is 0. The highest BCUT2D eigenvalue weighted by Crippen LogP contribution is 1.90. The van der Waals surface area contributed by atoms with Gasteiger partial charge in [-0.25, -0.2) is 0 Å². The lowest BCUT2D eigenvalue weighted by Gasteiger charge is -1.76. The molecule has 0 heteroatoms. The standard InChI is InChI=1S/C11H11/c1-2-4-6-8-10-11-9-7-5-3-1/h1-7,10-11H,8H2.